The van der Waals surface area contributed by atoms with E-state index in [4.69, 9.17) is 9.47 Å². The van der Waals surface area contributed by atoms with Crippen LogP contribution in [0.25, 0.3) is 6.08 Å². The maximum Gasteiger partial charge on any atom is 0.337 e. The predicted molar refractivity (Wildman–Crippen MR) is 89.4 cm³/mol. The molecule has 1 aromatic carbocycles. The molecular formula is C16H21NO5S. The minimum Gasteiger partial charge on any atom is -0.494 e. The Balaban J connectivity index is 2.68. The number of carbonyl (C=O) groups is 1. The number of sulfonamides is 1. The molecule has 1 aliphatic heterocycles. The lowest BCUT2D eigenvalue weighted by Gasteiger charge is -2.30. The van der Waals surface area contributed by atoms with Crippen LogP contribution in [0.3, 0.4) is 0 Å². The van der Waals surface area contributed by atoms with Gasteiger partial charge in [-0.1, -0.05) is 12.2 Å². The number of nitrogens with zero attached hydrogens (tertiary/aromatic N) is 1. The van der Waals surface area contributed by atoms with E-state index in [0.29, 0.717) is 30.0 Å². The minimum absolute atomic E-state index is 0.0948. The van der Waals surface area contributed by atoms with E-state index in [1.807, 2.05) is 6.92 Å². The Labute approximate surface area is 136 Å². The van der Waals surface area contributed by atoms with Gasteiger partial charge in [-0.25, -0.2) is 13.2 Å². The largest absolute Gasteiger partial charge is 0.494 e. The number of anilines is 1. The quantitative estimate of drug-likeness (QED) is 0.788. The van der Waals surface area contributed by atoms with Crippen molar-refractivity contribution in [3.05, 3.63) is 29.3 Å². The predicted octanol–water partition coefficient (Wildman–Crippen LogP) is 2.44. The van der Waals surface area contributed by atoms with Crippen molar-refractivity contribution >= 4 is 27.8 Å². The second-order valence-electron chi connectivity index (χ2n) is 5.20. The maximum atomic E-state index is 12.4. The molecule has 0 bridgehead atoms. The molecule has 7 heteroatoms. The van der Waals surface area contributed by atoms with Gasteiger partial charge >= 0.3 is 5.97 Å². The number of benzene rings is 1. The van der Waals surface area contributed by atoms with Gasteiger partial charge in [-0.15, -0.1) is 0 Å². The molecule has 1 aromatic rings. The van der Waals surface area contributed by atoms with Crippen LogP contribution in [0.2, 0.25) is 0 Å². The molecule has 0 radical (unpaired) electrons. The summed E-state index contributed by atoms with van der Waals surface area (Å²) in [5.41, 5.74) is 1.30. The SMILES string of the molecule is CC=Cc1cc(C(=O)OC)cc(N2CCCCS2(=O)=O)c1OC. The topological polar surface area (TPSA) is 72.9 Å². The van der Waals surface area contributed by atoms with Crippen molar-refractivity contribution in [2.45, 2.75) is 19.8 Å². The third kappa shape index (κ3) is 3.50. The number of allylic oxidation sites excluding steroid dienone is 1. The van der Waals surface area contributed by atoms with Crippen molar-refractivity contribution in [1.82, 2.24) is 0 Å². The first-order valence-corrected chi connectivity index (χ1v) is 8.99. The summed E-state index contributed by atoms with van der Waals surface area (Å²) in [7, 11) is -0.636. The van der Waals surface area contributed by atoms with E-state index < -0.39 is 16.0 Å². The second-order valence-corrected chi connectivity index (χ2v) is 7.22. The number of methoxy groups -OCH3 is 2. The average molecular weight is 339 g/mol. The molecule has 0 saturated carbocycles. The Kier molecular flexibility index (Phi) is 5.30. The van der Waals surface area contributed by atoms with Crippen LogP contribution in [0.1, 0.15) is 35.7 Å². The van der Waals surface area contributed by atoms with Gasteiger partial charge in [0.15, 0.2) is 0 Å². The summed E-state index contributed by atoms with van der Waals surface area (Å²) >= 11 is 0. The molecular weight excluding hydrogens is 318 g/mol. The highest BCUT2D eigenvalue weighted by Gasteiger charge is 2.30. The molecule has 2 rings (SSSR count). The Morgan fingerprint density at radius 2 is 2.00 bits per heavy atom. The zero-order valence-electron chi connectivity index (χ0n) is 13.5. The first kappa shape index (κ1) is 17.3. The number of hydrogen-bond acceptors (Lipinski definition) is 5. The summed E-state index contributed by atoms with van der Waals surface area (Å²) in [5, 5.41) is 0. The summed E-state index contributed by atoms with van der Waals surface area (Å²) in [5.74, 6) is 0.00711. The van der Waals surface area contributed by atoms with Crippen LogP contribution >= 0.6 is 0 Å². The van der Waals surface area contributed by atoms with Crippen LogP contribution in [-0.2, 0) is 14.8 Å². The summed E-state index contributed by atoms with van der Waals surface area (Å²) in [6, 6.07) is 3.14. The summed E-state index contributed by atoms with van der Waals surface area (Å²) in [6.07, 6.45) is 4.97. The van der Waals surface area contributed by atoms with Gasteiger partial charge in [0.25, 0.3) is 0 Å². The average Bonchev–Trinajstić information content (AvgIpc) is 2.53. The first-order chi connectivity index (χ1) is 10.9. The van der Waals surface area contributed by atoms with E-state index in [0.717, 1.165) is 6.42 Å². The summed E-state index contributed by atoms with van der Waals surface area (Å²) < 4.78 is 36.3. The number of carbonyl (C=O) groups excluding carboxylic acids is 1. The van der Waals surface area contributed by atoms with Gasteiger partial charge in [0, 0.05) is 12.1 Å². The fourth-order valence-electron chi connectivity index (χ4n) is 2.64. The van der Waals surface area contributed by atoms with Crippen LogP contribution in [0.15, 0.2) is 18.2 Å². The molecule has 126 valence electrons. The van der Waals surface area contributed by atoms with Crippen LogP contribution in [0.4, 0.5) is 5.69 Å². The van der Waals surface area contributed by atoms with Crippen molar-refractivity contribution in [2.24, 2.45) is 0 Å². The minimum atomic E-state index is -3.41. The van der Waals surface area contributed by atoms with E-state index in [-0.39, 0.29) is 11.3 Å². The number of ether oxygens (including phenoxy) is 2. The highest BCUT2D eigenvalue weighted by Crippen LogP contribution is 2.37. The zero-order chi connectivity index (χ0) is 17.0. The molecule has 0 aromatic heterocycles. The molecule has 1 aliphatic rings. The van der Waals surface area contributed by atoms with Gasteiger partial charge in [-0.2, -0.15) is 0 Å². The van der Waals surface area contributed by atoms with E-state index in [2.05, 4.69) is 0 Å². The van der Waals surface area contributed by atoms with Crippen molar-refractivity contribution in [3.63, 3.8) is 0 Å². The molecule has 0 aliphatic carbocycles. The molecule has 1 saturated heterocycles. The van der Waals surface area contributed by atoms with Crippen molar-refractivity contribution in [2.75, 3.05) is 30.8 Å². The van der Waals surface area contributed by atoms with Gasteiger partial charge in [0.2, 0.25) is 10.0 Å². The lowest BCUT2D eigenvalue weighted by Crippen LogP contribution is -2.38. The Morgan fingerprint density at radius 3 is 2.57 bits per heavy atom. The molecule has 0 amide bonds. The van der Waals surface area contributed by atoms with Crippen LogP contribution in [0.5, 0.6) is 5.75 Å². The van der Waals surface area contributed by atoms with Crippen molar-refractivity contribution in [3.8, 4) is 5.75 Å². The van der Waals surface area contributed by atoms with Crippen LogP contribution in [0, 0.1) is 0 Å². The van der Waals surface area contributed by atoms with Gasteiger partial charge in [0.1, 0.15) is 5.75 Å². The monoisotopic (exact) mass is 339 g/mol. The number of hydrogen-bond donors (Lipinski definition) is 0. The molecule has 1 fully saturated rings. The molecule has 23 heavy (non-hydrogen) atoms. The van der Waals surface area contributed by atoms with Gasteiger partial charge < -0.3 is 9.47 Å². The maximum absolute atomic E-state index is 12.4. The molecule has 0 unspecified atom stereocenters. The first-order valence-electron chi connectivity index (χ1n) is 7.38. The molecule has 1 heterocycles. The van der Waals surface area contributed by atoms with Gasteiger partial charge in [-0.05, 0) is 31.9 Å². The summed E-state index contributed by atoms with van der Waals surface area (Å²) in [6.45, 7) is 2.21. The summed E-state index contributed by atoms with van der Waals surface area (Å²) in [4.78, 5) is 11.9. The standard InChI is InChI=1S/C16H21NO5S/c1-4-7-12-10-13(16(18)22-3)11-14(15(12)21-2)17-8-5-6-9-23(17,19)20/h4,7,10-11H,5-6,8-9H2,1-3H3. The number of rotatable bonds is 4. The normalized spacial score (nSPS) is 17.3. The van der Waals surface area contributed by atoms with Crippen LogP contribution < -0.4 is 9.04 Å². The second kappa shape index (κ2) is 7.04. The third-order valence-electron chi connectivity index (χ3n) is 3.69. The highest BCUT2D eigenvalue weighted by atomic mass is 32.2. The third-order valence-corrected chi connectivity index (χ3v) is 5.54. The van der Waals surface area contributed by atoms with Crippen molar-refractivity contribution < 1.29 is 22.7 Å². The van der Waals surface area contributed by atoms with Gasteiger partial charge in [0.05, 0.1) is 31.2 Å². The van der Waals surface area contributed by atoms with Gasteiger partial charge in [-0.3, -0.25) is 4.31 Å². The molecule has 6 nitrogen and oxygen atoms in total. The lowest BCUT2D eigenvalue weighted by molar-refractivity contribution is 0.0600. The van der Waals surface area contributed by atoms with E-state index in [9.17, 15) is 13.2 Å². The molecule has 0 N–H and O–H groups in total. The highest BCUT2D eigenvalue weighted by molar-refractivity contribution is 7.92. The van der Waals surface area contributed by atoms with Crippen LogP contribution in [-0.4, -0.2) is 40.9 Å². The van der Waals surface area contributed by atoms with Crippen molar-refractivity contribution in [1.29, 1.82) is 0 Å². The smallest absolute Gasteiger partial charge is 0.337 e. The van der Waals surface area contributed by atoms with E-state index in [1.165, 1.54) is 24.6 Å². The lowest BCUT2D eigenvalue weighted by atomic mass is 10.1. The van der Waals surface area contributed by atoms with E-state index in [1.54, 1.807) is 18.2 Å². The molecule has 0 atom stereocenters. The Morgan fingerprint density at radius 1 is 1.26 bits per heavy atom. The Bertz CT molecular complexity index is 724. The fraction of sp³-hybridized carbons (Fsp3) is 0.438. The molecule has 0 spiro atoms. The Hall–Kier alpha value is -2.02. The zero-order valence-corrected chi connectivity index (χ0v) is 14.4. The number of esters is 1. The fourth-order valence-corrected chi connectivity index (χ4v) is 4.27. The van der Waals surface area contributed by atoms with E-state index >= 15 is 0 Å².